The number of benzene rings is 2. The molecule has 0 spiro atoms. The average molecular weight is 393 g/mol. The summed E-state index contributed by atoms with van der Waals surface area (Å²) in [4.78, 5) is 31.3. The van der Waals surface area contributed by atoms with E-state index in [0.717, 1.165) is 5.56 Å². The van der Waals surface area contributed by atoms with Gasteiger partial charge in [0, 0.05) is 28.5 Å². The molecular weight excluding hydrogens is 376 g/mol. The van der Waals surface area contributed by atoms with Crippen LogP contribution in [0.1, 0.15) is 27.9 Å². The van der Waals surface area contributed by atoms with E-state index in [2.05, 4.69) is 4.98 Å². The first-order valence-corrected chi connectivity index (χ1v) is 9.19. The number of hydrogen-bond acceptors (Lipinski definition) is 4. The Morgan fingerprint density at radius 2 is 1.71 bits per heavy atom. The number of aromatic nitrogens is 1. The summed E-state index contributed by atoms with van der Waals surface area (Å²) < 4.78 is 0. The van der Waals surface area contributed by atoms with E-state index in [-0.39, 0.29) is 18.7 Å². The van der Waals surface area contributed by atoms with Gasteiger partial charge in [-0.2, -0.15) is 0 Å². The van der Waals surface area contributed by atoms with Crippen molar-refractivity contribution < 1.29 is 14.7 Å². The van der Waals surface area contributed by atoms with Gasteiger partial charge < -0.3 is 10.0 Å². The molecular formula is C22H17ClN2O3. The van der Waals surface area contributed by atoms with Gasteiger partial charge in [0.1, 0.15) is 0 Å². The molecule has 0 aliphatic carbocycles. The first-order chi connectivity index (χ1) is 13.5. The van der Waals surface area contributed by atoms with Gasteiger partial charge in [-0.05, 0) is 29.8 Å². The number of para-hydroxylation sites is 1. The van der Waals surface area contributed by atoms with E-state index in [4.69, 9.17) is 11.6 Å². The smallest absolute Gasteiger partial charge is 0.264 e. The predicted molar refractivity (Wildman–Crippen MR) is 106 cm³/mol. The lowest BCUT2D eigenvalue weighted by Gasteiger charge is -2.23. The molecule has 0 fully saturated rings. The average Bonchev–Trinajstić information content (AvgIpc) is 2.92. The largest absolute Gasteiger partial charge is 0.375 e. The monoisotopic (exact) mass is 392 g/mol. The molecule has 28 heavy (non-hydrogen) atoms. The third-order valence-electron chi connectivity index (χ3n) is 4.94. The molecule has 6 heteroatoms. The van der Waals surface area contributed by atoms with Gasteiger partial charge in [-0.3, -0.25) is 14.6 Å². The molecule has 1 unspecified atom stereocenters. The highest BCUT2D eigenvalue weighted by atomic mass is 35.5. The van der Waals surface area contributed by atoms with Crippen molar-refractivity contribution in [1.82, 2.24) is 4.98 Å². The molecule has 1 aromatic heterocycles. The van der Waals surface area contributed by atoms with Crippen molar-refractivity contribution in [2.75, 3.05) is 4.90 Å². The highest BCUT2D eigenvalue weighted by Gasteiger charge is 2.50. The minimum Gasteiger partial charge on any atom is -0.375 e. The van der Waals surface area contributed by atoms with Crippen LogP contribution in [-0.4, -0.2) is 21.8 Å². The Balaban J connectivity index is 1.70. The Hall–Kier alpha value is -3.02. The number of carbonyl (C=O) groups excluding carboxylic acids is 2. The Kier molecular flexibility index (Phi) is 4.71. The number of pyridine rings is 1. The molecule has 1 aliphatic rings. The molecule has 0 radical (unpaired) electrons. The number of nitrogens with zero attached hydrogens (tertiary/aromatic N) is 2. The van der Waals surface area contributed by atoms with Gasteiger partial charge in [-0.15, -0.1) is 0 Å². The van der Waals surface area contributed by atoms with Gasteiger partial charge in [0.05, 0.1) is 18.7 Å². The standard InChI is InChI=1S/C22H17ClN2O3/c23-18-7-3-1-5-16(18)14-25-19-8-4-2-6-17(19)22(28,21(25)27)13-20(26)15-9-11-24-12-10-15/h1-12,28H,13-14H2. The molecule has 1 amide bonds. The van der Waals surface area contributed by atoms with Crippen LogP contribution >= 0.6 is 11.6 Å². The lowest BCUT2D eigenvalue weighted by Crippen LogP contribution is -2.41. The fraction of sp³-hybridized carbons (Fsp3) is 0.136. The second-order valence-corrected chi connectivity index (χ2v) is 7.10. The fourth-order valence-corrected chi connectivity index (χ4v) is 3.70. The molecule has 0 saturated heterocycles. The lowest BCUT2D eigenvalue weighted by molar-refractivity contribution is -0.136. The quantitative estimate of drug-likeness (QED) is 0.671. The van der Waals surface area contributed by atoms with Gasteiger partial charge in [0.2, 0.25) is 0 Å². The third kappa shape index (κ3) is 3.09. The molecule has 0 bridgehead atoms. The fourth-order valence-electron chi connectivity index (χ4n) is 3.50. The molecule has 2 heterocycles. The highest BCUT2D eigenvalue weighted by molar-refractivity contribution is 6.31. The van der Waals surface area contributed by atoms with Gasteiger partial charge in [-0.1, -0.05) is 48.0 Å². The number of rotatable bonds is 5. The Labute approximate surface area is 167 Å². The summed E-state index contributed by atoms with van der Waals surface area (Å²) in [6, 6.07) is 17.4. The summed E-state index contributed by atoms with van der Waals surface area (Å²) in [7, 11) is 0. The van der Waals surface area contributed by atoms with Crippen molar-refractivity contribution in [3.63, 3.8) is 0 Å². The van der Waals surface area contributed by atoms with Gasteiger partial charge in [0.25, 0.3) is 5.91 Å². The highest BCUT2D eigenvalue weighted by Crippen LogP contribution is 2.43. The van der Waals surface area contributed by atoms with Crippen molar-refractivity contribution in [3.8, 4) is 0 Å². The zero-order chi connectivity index (χ0) is 19.7. The predicted octanol–water partition coefficient (Wildman–Crippen LogP) is 3.74. The summed E-state index contributed by atoms with van der Waals surface area (Å²) in [5.74, 6) is -0.858. The summed E-state index contributed by atoms with van der Waals surface area (Å²) in [5.41, 5.74) is 0.250. The summed E-state index contributed by atoms with van der Waals surface area (Å²) >= 11 is 6.25. The van der Waals surface area contributed by atoms with Crippen molar-refractivity contribution in [1.29, 1.82) is 0 Å². The van der Waals surface area contributed by atoms with Crippen molar-refractivity contribution in [2.24, 2.45) is 0 Å². The number of halogens is 1. The topological polar surface area (TPSA) is 70.5 Å². The van der Waals surface area contributed by atoms with Crippen LogP contribution in [0.2, 0.25) is 5.02 Å². The Morgan fingerprint density at radius 3 is 2.46 bits per heavy atom. The van der Waals surface area contributed by atoms with Crippen LogP contribution in [0.4, 0.5) is 5.69 Å². The van der Waals surface area contributed by atoms with Crippen LogP contribution in [0.3, 0.4) is 0 Å². The minimum atomic E-state index is -1.92. The van der Waals surface area contributed by atoms with Crippen LogP contribution in [0.5, 0.6) is 0 Å². The molecule has 1 aliphatic heterocycles. The molecule has 1 N–H and O–H groups in total. The second-order valence-electron chi connectivity index (χ2n) is 6.70. The first kappa shape index (κ1) is 18.3. The first-order valence-electron chi connectivity index (χ1n) is 8.81. The van der Waals surface area contributed by atoms with Crippen LogP contribution < -0.4 is 4.90 Å². The zero-order valence-corrected chi connectivity index (χ0v) is 15.6. The van der Waals surface area contributed by atoms with E-state index in [1.54, 1.807) is 42.5 Å². The normalized spacial score (nSPS) is 18.2. The van der Waals surface area contributed by atoms with Gasteiger partial charge in [0.15, 0.2) is 11.4 Å². The van der Waals surface area contributed by atoms with E-state index < -0.39 is 11.5 Å². The number of ketones is 1. The number of Topliss-reactive ketones (excluding diaryl/α,β-unsaturated/α-hetero) is 1. The van der Waals surface area contributed by atoms with E-state index in [1.165, 1.54) is 17.3 Å². The number of anilines is 1. The third-order valence-corrected chi connectivity index (χ3v) is 5.31. The minimum absolute atomic E-state index is 0.210. The molecule has 2 aromatic carbocycles. The molecule has 140 valence electrons. The maximum atomic E-state index is 13.2. The van der Waals surface area contributed by atoms with Crippen LogP contribution in [0, 0.1) is 0 Å². The summed E-state index contributed by atoms with van der Waals surface area (Å²) in [5, 5.41) is 11.8. The molecule has 0 saturated carbocycles. The number of aliphatic hydroxyl groups is 1. The van der Waals surface area contributed by atoms with Crippen molar-refractivity contribution >= 4 is 29.0 Å². The maximum absolute atomic E-state index is 13.2. The van der Waals surface area contributed by atoms with Crippen LogP contribution in [0.15, 0.2) is 73.1 Å². The van der Waals surface area contributed by atoms with E-state index in [1.807, 2.05) is 18.2 Å². The Bertz CT molecular complexity index is 1050. The van der Waals surface area contributed by atoms with Gasteiger partial charge >= 0.3 is 0 Å². The molecule has 1 atom stereocenters. The number of hydrogen-bond donors (Lipinski definition) is 1. The van der Waals surface area contributed by atoms with Gasteiger partial charge in [-0.25, -0.2) is 0 Å². The lowest BCUT2D eigenvalue weighted by atomic mass is 9.88. The molecule has 4 rings (SSSR count). The van der Waals surface area contributed by atoms with E-state index in [0.29, 0.717) is 21.8 Å². The van der Waals surface area contributed by atoms with Crippen LogP contribution in [-0.2, 0) is 16.9 Å². The Morgan fingerprint density at radius 1 is 1.04 bits per heavy atom. The SMILES string of the molecule is O=C(CC1(O)C(=O)N(Cc2ccccc2Cl)c2ccccc21)c1ccncc1. The van der Waals surface area contributed by atoms with Crippen LogP contribution in [0.25, 0.3) is 0 Å². The van der Waals surface area contributed by atoms with E-state index in [9.17, 15) is 14.7 Å². The zero-order valence-electron chi connectivity index (χ0n) is 14.9. The second kappa shape index (κ2) is 7.19. The van der Waals surface area contributed by atoms with Crippen molar-refractivity contribution in [2.45, 2.75) is 18.6 Å². The molecule has 5 nitrogen and oxygen atoms in total. The number of amides is 1. The maximum Gasteiger partial charge on any atom is 0.264 e. The van der Waals surface area contributed by atoms with Crippen molar-refractivity contribution in [3.05, 3.63) is 94.8 Å². The number of carbonyl (C=O) groups is 2. The summed E-state index contributed by atoms with van der Waals surface area (Å²) in [6.07, 6.45) is 2.67. The van der Waals surface area contributed by atoms with E-state index >= 15 is 0 Å². The summed E-state index contributed by atoms with van der Waals surface area (Å²) in [6.45, 7) is 0.210. The number of fused-ring (bicyclic) bond motifs is 1. The molecule has 3 aromatic rings.